The average molecular weight is 324 g/mol. The van der Waals surface area contributed by atoms with Gasteiger partial charge in [0.2, 0.25) is 0 Å². The molecule has 1 aromatic heterocycles. The number of hydrogen-bond donors (Lipinski definition) is 1. The van der Waals surface area contributed by atoms with Gasteiger partial charge in [-0.2, -0.15) is 13.2 Å². The Morgan fingerprint density at radius 1 is 1.26 bits per heavy atom. The smallest absolute Gasteiger partial charge is 0.352 e. The van der Waals surface area contributed by atoms with Gasteiger partial charge in [0.15, 0.2) is 0 Å². The minimum absolute atomic E-state index is 0.263. The molecule has 1 aromatic carbocycles. The van der Waals surface area contributed by atoms with Crippen LogP contribution >= 0.6 is 0 Å². The third-order valence-electron chi connectivity index (χ3n) is 4.19. The van der Waals surface area contributed by atoms with Gasteiger partial charge in [-0.15, -0.1) is 0 Å². The molecule has 0 amide bonds. The molecule has 7 heteroatoms. The van der Waals surface area contributed by atoms with Crippen molar-refractivity contribution in [2.24, 2.45) is 5.92 Å². The Labute approximate surface area is 132 Å². The van der Waals surface area contributed by atoms with E-state index in [1.807, 2.05) is 0 Å². The largest absolute Gasteiger partial charge is 0.416 e. The lowest BCUT2D eigenvalue weighted by Gasteiger charge is -2.36. The molecule has 2 aromatic rings. The van der Waals surface area contributed by atoms with E-state index in [1.54, 1.807) is 6.20 Å². The molecule has 0 bridgehead atoms. The normalized spacial score (nSPS) is 19.6. The van der Waals surface area contributed by atoms with Crippen molar-refractivity contribution in [1.82, 2.24) is 15.3 Å². The van der Waals surface area contributed by atoms with E-state index >= 15 is 0 Å². The number of rotatable bonds is 2. The van der Waals surface area contributed by atoms with Gasteiger partial charge < -0.3 is 10.2 Å². The third kappa shape index (κ3) is 3.39. The maximum absolute atomic E-state index is 12.7. The minimum Gasteiger partial charge on any atom is -0.352 e. The number of anilines is 1. The summed E-state index contributed by atoms with van der Waals surface area (Å²) in [7, 11) is 0. The second-order valence-corrected chi connectivity index (χ2v) is 6.18. The first-order chi connectivity index (χ1) is 10.8. The molecule has 4 nitrogen and oxygen atoms in total. The second-order valence-electron chi connectivity index (χ2n) is 6.18. The lowest BCUT2D eigenvalue weighted by molar-refractivity contribution is -0.137. The highest BCUT2D eigenvalue weighted by Gasteiger charge is 2.30. The van der Waals surface area contributed by atoms with Crippen LogP contribution in [0.1, 0.15) is 19.4 Å². The Kier molecular flexibility index (Phi) is 4.14. The van der Waals surface area contributed by atoms with Gasteiger partial charge in [0.25, 0.3) is 0 Å². The summed E-state index contributed by atoms with van der Waals surface area (Å²) in [5, 5.41) is 3.46. The van der Waals surface area contributed by atoms with E-state index in [4.69, 9.17) is 0 Å². The number of alkyl halides is 3. The Balaban J connectivity index is 1.88. The zero-order valence-corrected chi connectivity index (χ0v) is 13.1. The quantitative estimate of drug-likeness (QED) is 0.922. The van der Waals surface area contributed by atoms with E-state index in [1.165, 1.54) is 6.07 Å². The lowest BCUT2D eigenvalue weighted by Crippen LogP contribution is -2.53. The fourth-order valence-electron chi connectivity index (χ4n) is 2.76. The Bertz CT molecular complexity index is 699. The van der Waals surface area contributed by atoms with E-state index in [2.05, 4.69) is 34.0 Å². The highest BCUT2D eigenvalue weighted by molar-refractivity contribution is 5.76. The lowest BCUT2D eigenvalue weighted by atomic mass is 10.0. The maximum Gasteiger partial charge on any atom is 0.416 e. The topological polar surface area (TPSA) is 41.1 Å². The van der Waals surface area contributed by atoms with Crippen molar-refractivity contribution in [3.05, 3.63) is 30.0 Å². The molecule has 124 valence electrons. The average Bonchev–Trinajstić information content (AvgIpc) is 2.53. The Morgan fingerprint density at radius 3 is 2.74 bits per heavy atom. The van der Waals surface area contributed by atoms with E-state index in [9.17, 15) is 13.2 Å². The van der Waals surface area contributed by atoms with E-state index in [0.29, 0.717) is 23.3 Å². The van der Waals surface area contributed by atoms with Gasteiger partial charge in [-0.05, 0) is 24.1 Å². The van der Waals surface area contributed by atoms with Crippen LogP contribution in [0.2, 0.25) is 0 Å². The molecule has 1 aliphatic heterocycles. The predicted molar refractivity (Wildman–Crippen MR) is 83.4 cm³/mol. The maximum atomic E-state index is 12.7. The zero-order chi connectivity index (χ0) is 16.6. The highest BCUT2D eigenvalue weighted by Crippen LogP contribution is 2.31. The van der Waals surface area contributed by atoms with Crippen LogP contribution in [0.5, 0.6) is 0 Å². The summed E-state index contributed by atoms with van der Waals surface area (Å²) in [4.78, 5) is 10.8. The Hall–Kier alpha value is -1.89. The van der Waals surface area contributed by atoms with Crippen molar-refractivity contribution in [2.75, 3.05) is 24.5 Å². The van der Waals surface area contributed by atoms with Crippen molar-refractivity contribution >= 4 is 16.9 Å². The molecule has 0 radical (unpaired) electrons. The van der Waals surface area contributed by atoms with Gasteiger partial charge in [-0.25, -0.2) is 4.98 Å². The third-order valence-corrected chi connectivity index (χ3v) is 4.19. The zero-order valence-electron chi connectivity index (χ0n) is 13.1. The minimum atomic E-state index is -4.36. The van der Waals surface area contributed by atoms with E-state index in [0.717, 1.165) is 31.8 Å². The molecule has 0 saturated carbocycles. The molecule has 1 saturated heterocycles. The molecule has 3 rings (SSSR count). The molecule has 23 heavy (non-hydrogen) atoms. The molecule has 1 aliphatic rings. The summed E-state index contributed by atoms with van der Waals surface area (Å²) in [5.74, 6) is 1.21. The number of nitrogens with one attached hydrogen (secondary N) is 1. The van der Waals surface area contributed by atoms with Crippen molar-refractivity contribution < 1.29 is 13.2 Å². The van der Waals surface area contributed by atoms with Crippen LogP contribution in [0, 0.1) is 5.92 Å². The number of aromatic nitrogens is 2. The molecule has 1 atom stereocenters. The number of hydrogen-bond acceptors (Lipinski definition) is 4. The van der Waals surface area contributed by atoms with Gasteiger partial charge >= 0.3 is 6.18 Å². The summed E-state index contributed by atoms with van der Waals surface area (Å²) < 4.78 is 38.2. The fourth-order valence-corrected chi connectivity index (χ4v) is 2.76. The summed E-state index contributed by atoms with van der Waals surface area (Å²) >= 11 is 0. The van der Waals surface area contributed by atoms with Gasteiger partial charge in [0.05, 0.1) is 22.8 Å². The summed E-state index contributed by atoms with van der Waals surface area (Å²) in [5.41, 5.74) is 0.0448. The molecule has 1 fully saturated rings. The first kappa shape index (κ1) is 16.0. The van der Waals surface area contributed by atoms with Crippen molar-refractivity contribution in [3.8, 4) is 0 Å². The molecular formula is C16H19F3N4. The van der Waals surface area contributed by atoms with Crippen LogP contribution in [0.3, 0.4) is 0 Å². The van der Waals surface area contributed by atoms with Gasteiger partial charge in [-0.1, -0.05) is 13.8 Å². The van der Waals surface area contributed by atoms with Gasteiger partial charge in [-0.3, -0.25) is 4.98 Å². The van der Waals surface area contributed by atoms with Crippen LogP contribution < -0.4 is 10.2 Å². The van der Waals surface area contributed by atoms with Crippen molar-refractivity contribution in [3.63, 3.8) is 0 Å². The van der Waals surface area contributed by atoms with Crippen molar-refractivity contribution in [1.29, 1.82) is 0 Å². The van der Waals surface area contributed by atoms with Crippen LogP contribution in [-0.4, -0.2) is 35.6 Å². The molecule has 1 N–H and O–H groups in total. The van der Waals surface area contributed by atoms with E-state index in [-0.39, 0.29) is 5.52 Å². The van der Waals surface area contributed by atoms with Gasteiger partial charge in [0, 0.05) is 25.7 Å². The Morgan fingerprint density at radius 2 is 2.04 bits per heavy atom. The highest BCUT2D eigenvalue weighted by atomic mass is 19.4. The van der Waals surface area contributed by atoms with Crippen LogP contribution in [0.15, 0.2) is 24.4 Å². The van der Waals surface area contributed by atoms with Crippen molar-refractivity contribution in [2.45, 2.75) is 26.1 Å². The number of fused-ring (bicyclic) bond motifs is 1. The molecule has 0 aliphatic carbocycles. The summed E-state index contributed by atoms with van der Waals surface area (Å²) in [6, 6.07) is 3.85. The summed E-state index contributed by atoms with van der Waals surface area (Å²) in [6.45, 7) is 6.80. The molecule has 1 unspecified atom stereocenters. The first-order valence-corrected chi connectivity index (χ1v) is 7.67. The van der Waals surface area contributed by atoms with E-state index < -0.39 is 11.7 Å². The molecule has 2 heterocycles. The monoisotopic (exact) mass is 324 g/mol. The van der Waals surface area contributed by atoms with Crippen LogP contribution in [0.25, 0.3) is 11.0 Å². The van der Waals surface area contributed by atoms with Crippen LogP contribution in [0.4, 0.5) is 19.0 Å². The number of nitrogens with zero attached hydrogens (tertiary/aromatic N) is 3. The van der Waals surface area contributed by atoms with Crippen LogP contribution in [-0.2, 0) is 6.18 Å². The molecule has 0 spiro atoms. The number of piperazine rings is 1. The SMILES string of the molecule is CC(C)C1CN(c2cnc3cc(C(F)(F)F)ccc3n2)CCN1. The second kappa shape index (κ2) is 5.96. The standard InChI is InChI=1S/C16H19F3N4/c1-10(2)14-9-23(6-5-20-14)15-8-21-13-7-11(16(17,18)19)3-4-12(13)22-15/h3-4,7-8,10,14,20H,5-6,9H2,1-2H3. The first-order valence-electron chi connectivity index (χ1n) is 7.67. The molecular weight excluding hydrogens is 305 g/mol. The predicted octanol–water partition coefficient (Wildman–Crippen LogP) is 3.08. The fraction of sp³-hybridized carbons (Fsp3) is 0.500. The van der Waals surface area contributed by atoms with Gasteiger partial charge in [0.1, 0.15) is 5.82 Å². The number of halogens is 3. The summed E-state index contributed by atoms with van der Waals surface area (Å²) in [6.07, 6.45) is -2.80. The number of benzene rings is 1.